The van der Waals surface area contributed by atoms with Crippen molar-refractivity contribution in [1.29, 1.82) is 0 Å². The summed E-state index contributed by atoms with van der Waals surface area (Å²) in [5, 5.41) is 7.71. The molecule has 1 saturated carbocycles. The Morgan fingerprint density at radius 3 is 2.58 bits per heavy atom. The Kier molecular flexibility index (Phi) is 4.37. The fourth-order valence-corrected chi connectivity index (χ4v) is 5.16. The van der Waals surface area contributed by atoms with Gasteiger partial charge in [0.25, 0.3) is 0 Å². The molecular formula is C19H30N4O. The van der Waals surface area contributed by atoms with E-state index in [1.165, 1.54) is 50.5 Å². The fraction of sp³-hybridized carbons (Fsp3) is 0.789. The number of aromatic nitrogens is 2. The van der Waals surface area contributed by atoms with Crippen LogP contribution in [0, 0.1) is 11.3 Å². The van der Waals surface area contributed by atoms with Crippen LogP contribution in [-0.4, -0.2) is 46.8 Å². The maximum absolute atomic E-state index is 13.1. The number of piperidine rings is 1. The molecule has 2 atom stereocenters. The Morgan fingerprint density at radius 1 is 1.17 bits per heavy atom. The summed E-state index contributed by atoms with van der Waals surface area (Å²) in [5.74, 6) is 0.714. The summed E-state index contributed by atoms with van der Waals surface area (Å²) in [6.07, 6.45) is 13.4. The predicted molar refractivity (Wildman–Crippen MR) is 93.6 cm³/mol. The van der Waals surface area contributed by atoms with E-state index in [0.29, 0.717) is 11.3 Å². The predicted octanol–water partition coefficient (Wildman–Crippen LogP) is 2.30. The van der Waals surface area contributed by atoms with Crippen molar-refractivity contribution in [2.45, 2.75) is 50.9 Å². The van der Waals surface area contributed by atoms with Crippen molar-refractivity contribution in [2.75, 3.05) is 26.2 Å². The van der Waals surface area contributed by atoms with Crippen LogP contribution >= 0.6 is 0 Å². The molecule has 4 rings (SSSR count). The summed E-state index contributed by atoms with van der Waals surface area (Å²) < 4.78 is 1.84. The van der Waals surface area contributed by atoms with Gasteiger partial charge in [-0.25, -0.2) is 0 Å². The van der Waals surface area contributed by atoms with E-state index in [1.807, 2.05) is 17.9 Å². The molecule has 132 valence electrons. The molecule has 5 nitrogen and oxygen atoms in total. The quantitative estimate of drug-likeness (QED) is 0.905. The van der Waals surface area contributed by atoms with Crippen LogP contribution < -0.4 is 5.32 Å². The second kappa shape index (κ2) is 6.51. The third-order valence-corrected chi connectivity index (χ3v) is 6.73. The minimum atomic E-state index is 0.0783. The van der Waals surface area contributed by atoms with Gasteiger partial charge in [-0.15, -0.1) is 0 Å². The first-order chi connectivity index (χ1) is 11.7. The van der Waals surface area contributed by atoms with Crippen molar-refractivity contribution in [3.63, 3.8) is 0 Å². The van der Waals surface area contributed by atoms with E-state index in [1.54, 1.807) is 0 Å². The summed E-state index contributed by atoms with van der Waals surface area (Å²) in [5.41, 5.74) is 1.76. The molecular weight excluding hydrogens is 300 g/mol. The maximum Gasteiger partial charge on any atom is 0.227 e. The number of nitrogens with one attached hydrogen (secondary N) is 1. The Bertz CT molecular complexity index is 580. The summed E-state index contributed by atoms with van der Waals surface area (Å²) in [6, 6.07) is 0. The lowest BCUT2D eigenvalue weighted by molar-refractivity contribution is -0.138. The third kappa shape index (κ3) is 2.99. The minimum absolute atomic E-state index is 0.0783. The van der Waals surface area contributed by atoms with Crippen LogP contribution in [0.25, 0.3) is 0 Å². The molecule has 1 amide bonds. The van der Waals surface area contributed by atoms with E-state index in [0.717, 1.165) is 26.2 Å². The zero-order valence-corrected chi connectivity index (χ0v) is 14.8. The molecule has 3 fully saturated rings. The zero-order chi connectivity index (χ0) is 16.6. The first-order valence-corrected chi connectivity index (χ1v) is 9.65. The van der Waals surface area contributed by atoms with Gasteiger partial charge in [-0.3, -0.25) is 9.48 Å². The first kappa shape index (κ1) is 16.1. The standard InChI is InChI=1S/C19H30N4O/c1-22-14-15(11-21-22)16-12-20-13-17(16)18(24)23-9-7-19(8-10-23)5-3-2-4-6-19/h11,14,16-17,20H,2-10,12-13H2,1H3/t16-,17+/m1/s1. The summed E-state index contributed by atoms with van der Waals surface area (Å²) in [4.78, 5) is 15.3. The van der Waals surface area contributed by atoms with Crippen LogP contribution in [0.1, 0.15) is 56.4 Å². The van der Waals surface area contributed by atoms with Gasteiger partial charge in [-0.2, -0.15) is 5.10 Å². The van der Waals surface area contributed by atoms with Crippen LogP contribution in [0.5, 0.6) is 0 Å². The number of amides is 1. The van der Waals surface area contributed by atoms with Gasteiger partial charge in [-0.1, -0.05) is 19.3 Å². The van der Waals surface area contributed by atoms with Gasteiger partial charge >= 0.3 is 0 Å². The molecule has 3 aliphatic rings. The molecule has 1 N–H and O–H groups in total. The number of nitrogens with zero attached hydrogens (tertiary/aromatic N) is 3. The zero-order valence-electron chi connectivity index (χ0n) is 14.8. The van der Waals surface area contributed by atoms with Crippen LogP contribution in [0.15, 0.2) is 12.4 Å². The number of hydrogen-bond donors (Lipinski definition) is 1. The third-order valence-electron chi connectivity index (χ3n) is 6.73. The van der Waals surface area contributed by atoms with Gasteiger partial charge in [0.15, 0.2) is 0 Å². The molecule has 1 aromatic heterocycles. The fourth-order valence-electron chi connectivity index (χ4n) is 5.16. The smallest absolute Gasteiger partial charge is 0.227 e. The number of carbonyl (C=O) groups is 1. The summed E-state index contributed by atoms with van der Waals surface area (Å²) in [7, 11) is 1.94. The van der Waals surface area contributed by atoms with Gasteiger partial charge in [0, 0.05) is 45.3 Å². The first-order valence-electron chi connectivity index (χ1n) is 9.65. The van der Waals surface area contributed by atoms with E-state index in [9.17, 15) is 4.79 Å². The minimum Gasteiger partial charge on any atom is -0.342 e. The molecule has 0 radical (unpaired) electrons. The lowest BCUT2D eigenvalue weighted by Crippen LogP contribution is -2.47. The molecule has 0 bridgehead atoms. The SMILES string of the molecule is Cn1cc([C@H]2CNC[C@@H]2C(=O)N2CCC3(CCCCC3)CC2)cn1. The molecule has 24 heavy (non-hydrogen) atoms. The van der Waals surface area contributed by atoms with Gasteiger partial charge in [0.05, 0.1) is 12.1 Å². The number of carbonyl (C=O) groups excluding carboxylic acids is 1. The number of hydrogen-bond acceptors (Lipinski definition) is 3. The Morgan fingerprint density at radius 2 is 1.92 bits per heavy atom. The highest BCUT2D eigenvalue weighted by molar-refractivity contribution is 5.80. The molecule has 1 aromatic rings. The highest BCUT2D eigenvalue weighted by Gasteiger charge is 2.41. The Labute approximate surface area is 144 Å². The monoisotopic (exact) mass is 330 g/mol. The van der Waals surface area contributed by atoms with Crippen molar-refractivity contribution in [2.24, 2.45) is 18.4 Å². The normalized spacial score (nSPS) is 30.0. The molecule has 1 spiro atoms. The molecule has 0 unspecified atom stereocenters. The van der Waals surface area contributed by atoms with Gasteiger partial charge in [0.1, 0.15) is 0 Å². The van der Waals surface area contributed by atoms with Crippen molar-refractivity contribution in [1.82, 2.24) is 20.0 Å². The summed E-state index contributed by atoms with van der Waals surface area (Å²) >= 11 is 0. The molecule has 2 saturated heterocycles. The topological polar surface area (TPSA) is 50.2 Å². The second-order valence-electron chi connectivity index (χ2n) is 8.20. The second-order valence-corrected chi connectivity index (χ2v) is 8.20. The van der Waals surface area contributed by atoms with Crippen molar-refractivity contribution < 1.29 is 4.79 Å². The van der Waals surface area contributed by atoms with Gasteiger partial charge in [-0.05, 0) is 36.7 Å². The van der Waals surface area contributed by atoms with Gasteiger partial charge < -0.3 is 10.2 Å². The molecule has 1 aliphatic carbocycles. The lowest BCUT2D eigenvalue weighted by atomic mass is 9.68. The maximum atomic E-state index is 13.1. The number of likely N-dealkylation sites (tertiary alicyclic amines) is 1. The average Bonchev–Trinajstić information content (AvgIpc) is 3.24. The number of rotatable bonds is 2. The van der Waals surface area contributed by atoms with Crippen LogP contribution in [0.2, 0.25) is 0 Å². The van der Waals surface area contributed by atoms with Crippen molar-refractivity contribution in [3.8, 4) is 0 Å². The Hall–Kier alpha value is -1.36. The van der Waals surface area contributed by atoms with Crippen LogP contribution in [-0.2, 0) is 11.8 Å². The highest BCUT2D eigenvalue weighted by atomic mass is 16.2. The van der Waals surface area contributed by atoms with E-state index in [-0.39, 0.29) is 11.8 Å². The van der Waals surface area contributed by atoms with Crippen LogP contribution in [0.3, 0.4) is 0 Å². The van der Waals surface area contributed by atoms with E-state index >= 15 is 0 Å². The molecule has 3 heterocycles. The van der Waals surface area contributed by atoms with Crippen LogP contribution in [0.4, 0.5) is 0 Å². The largest absolute Gasteiger partial charge is 0.342 e. The van der Waals surface area contributed by atoms with Crippen molar-refractivity contribution >= 4 is 5.91 Å². The van der Waals surface area contributed by atoms with E-state index < -0.39 is 0 Å². The lowest BCUT2D eigenvalue weighted by Gasteiger charge is -2.45. The molecule has 5 heteroatoms. The van der Waals surface area contributed by atoms with E-state index in [2.05, 4.69) is 21.5 Å². The Balaban J connectivity index is 1.40. The molecule has 2 aliphatic heterocycles. The molecule has 0 aromatic carbocycles. The average molecular weight is 330 g/mol. The van der Waals surface area contributed by atoms with Gasteiger partial charge in [0.2, 0.25) is 5.91 Å². The highest BCUT2D eigenvalue weighted by Crippen LogP contribution is 2.45. The van der Waals surface area contributed by atoms with E-state index in [4.69, 9.17) is 0 Å². The summed E-state index contributed by atoms with van der Waals surface area (Å²) in [6.45, 7) is 3.63. The van der Waals surface area contributed by atoms with Crippen molar-refractivity contribution in [3.05, 3.63) is 18.0 Å². The number of aryl methyl sites for hydroxylation is 1.